The monoisotopic (exact) mass is 425 g/mol. The molecule has 2 aliphatic heterocycles. The van der Waals surface area contributed by atoms with Crippen molar-refractivity contribution in [2.75, 3.05) is 34.3 Å². The summed E-state index contributed by atoms with van der Waals surface area (Å²) in [7, 11) is 1.10. The molecule has 2 unspecified atom stereocenters. The van der Waals surface area contributed by atoms with E-state index in [4.69, 9.17) is 9.47 Å². The summed E-state index contributed by atoms with van der Waals surface area (Å²) in [6.45, 7) is 4.62. The van der Waals surface area contributed by atoms with Crippen molar-refractivity contribution in [2.24, 2.45) is 5.92 Å². The van der Waals surface area contributed by atoms with E-state index in [2.05, 4.69) is 5.32 Å². The minimum absolute atomic E-state index is 0.117. The molecule has 0 aromatic heterocycles. The van der Waals surface area contributed by atoms with Crippen molar-refractivity contribution < 1.29 is 22.7 Å². The Morgan fingerprint density at radius 3 is 2.72 bits per heavy atom. The predicted octanol–water partition coefficient (Wildman–Crippen LogP) is 1.93. The van der Waals surface area contributed by atoms with E-state index in [-0.39, 0.29) is 24.4 Å². The van der Waals surface area contributed by atoms with Crippen molar-refractivity contribution in [3.63, 3.8) is 0 Å². The first-order valence-corrected chi connectivity index (χ1v) is 11.3. The third kappa shape index (κ3) is 4.67. The van der Waals surface area contributed by atoms with Gasteiger partial charge in [-0.05, 0) is 38.8 Å². The lowest BCUT2D eigenvalue weighted by atomic mass is 9.88. The number of rotatable bonds is 5. The molecule has 1 aromatic rings. The molecule has 1 saturated heterocycles. The van der Waals surface area contributed by atoms with Gasteiger partial charge < -0.3 is 14.8 Å². The predicted molar refractivity (Wildman–Crippen MR) is 110 cm³/mol. The Morgan fingerprint density at radius 2 is 2.07 bits per heavy atom. The number of hydrogen-bond donors (Lipinski definition) is 1. The van der Waals surface area contributed by atoms with Gasteiger partial charge >= 0.3 is 0 Å². The molecule has 1 fully saturated rings. The van der Waals surface area contributed by atoms with Gasteiger partial charge in [0.2, 0.25) is 5.91 Å². The highest BCUT2D eigenvalue weighted by molar-refractivity contribution is 7.86. The number of hydrogen-bond acceptors (Lipinski definition) is 5. The molecule has 3 rings (SSSR count). The maximum atomic E-state index is 13.0. The molecule has 0 aliphatic carbocycles. The number of nitrogens with one attached hydrogen (secondary N) is 1. The maximum Gasteiger partial charge on any atom is 0.281 e. The van der Waals surface area contributed by atoms with Gasteiger partial charge in [-0.25, -0.2) is 0 Å². The fraction of sp³-hybridized carbons (Fsp3) is 0.650. The second-order valence-electron chi connectivity index (χ2n) is 8.52. The molecule has 1 amide bonds. The summed E-state index contributed by atoms with van der Waals surface area (Å²) in [5.74, 6) is 0.911. The fourth-order valence-corrected chi connectivity index (χ4v) is 5.16. The van der Waals surface area contributed by atoms with E-state index in [1.54, 1.807) is 7.11 Å². The lowest BCUT2D eigenvalue weighted by Gasteiger charge is -2.39. The molecule has 162 valence electrons. The largest absolute Gasteiger partial charge is 0.497 e. The Hall–Kier alpha value is -1.84. The van der Waals surface area contributed by atoms with E-state index in [0.717, 1.165) is 5.56 Å². The van der Waals surface area contributed by atoms with Gasteiger partial charge in [0.1, 0.15) is 17.1 Å². The fourth-order valence-electron chi connectivity index (χ4n) is 3.97. The van der Waals surface area contributed by atoms with Gasteiger partial charge in [-0.1, -0.05) is 0 Å². The van der Waals surface area contributed by atoms with Crippen molar-refractivity contribution in [1.82, 2.24) is 13.9 Å². The maximum absolute atomic E-state index is 13.0. The second-order valence-corrected chi connectivity index (χ2v) is 10.7. The minimum atomic E-state index is -3.52. The number of amides is 1. The van der Waals surface area contributed by atoms with Crippen LogP contribution in [-0.2, 0) is 15.0 Å². The Kier molecular flexibility index (Phi) is 6.12. The van der Waals surface area contributed by atoms with Crippen LogP contribution in [-0.4, -0.2) is 62.8 Å². The molecule has 29 heavy (non-hydrogen) atoms. The van der Waals surface area contributed by atoms with Crippen LogP contribution < -0.4 is 14.8 Å². The van der Waals surface area contributed by atoms with Gasteiger partial charge in [0.05, 0.1) is 19.1 Å². The van der Waals surface area contributed by atoms with Crippen LogP contribution in [0.15, 0.2) is 18.2 Å². The first kappa shape index (κ1) is 21.9. The van der Waals surface area contributed by atoms with Crippen LogP contribution in [0.1, 0.15) is 44.7 Å². The summed E-state index contributed by atoms with van der Waals surface area (Å²) < 4.78 is 38.8. The van der Waals surface area contributed by atoms with Crippen LogP contribution in [0.2, 0.25) is 0 Å². The minimum Gasteiger partial charge on any atom is -0.497 e. The van der Waals surface area contributed by atoms with Crippen molar-refractivity contribution >= 4 is 16.1 Å². The molecule has 0 saturated carbocycles. The average Bonchev–Trinajstić information content (AvgIpc) is 2.66. The van der Waals surface area contributed by atoms with Crippen molar-refractivity contribution in [3.05, 3.63) is 23.8 Å². The number of ether oxygens (including phenoxy) is 2. The standard InChI is InChI=1S/C20H31N3O5S/c1-20(2)12-17(16-9-8-15(27-5)11-18(16)28-20)21-19(24)14-7-6-10-23(13-14)29(25,26)22(3)4/h8-9,11,14,17H,6-7,10,12-13H2,1-5H3,(H,21,24). The first-order valence-electron chi connectivity index (χ1n) is 9.88. The molecule has 1 aromatic carbocycles. The summed E-state index contributed by atoms with van der Waals surface area (Å²) >= 11 is 0. The van der Waals surface area contributed by atoms with Crippen LogP contribution in [0.3, 0.4) is 0 Å². The molecule has 8 nitrogen and oxygen atoms in total. The van der Waals surface area contributed by atoms with Gasteiger partial charge in [-0.2, -0.15) is 17.0 Å². The molecule has 2 heterocycles. The molecule has 1 N–H and O–H groups in total. The zero-order valence-corrected chi connectivity index (χ0v) is 18.6. The summed E-state index contributed by atoms with van der Waals surface area (Å²) in [5, 5.41) is 3.14. The number of methoxy groups -OCH3 is 1. The van der Waals surface area contributed by atoms with Crippen LogP contribution in [0.4, 0.5) is 0 Å². The lowest BCUT2D eigenvalue weighted by molar-refractivity contribution is -0.127. The molecule has 9 heteroatoms. The van der Waals surface area contributed by atoms with Crippen LogP contribution in [0.25, 0.3) is 0 Å². The SMILES string of the molecule is COc1ccc2c(c1)OC(C)(C)CC2NC(=O)C1CCCN(S(=O)(=O)N(C)C)C1. The topological polar surface area (TPSA) is 88.2 Å². The Balaban J connectivity index is 1.77. The van der Waals surface area contributed by atoms with E-state index in [1.807, 2.05) is 32.0 Å². The molecule has 2 aliphatic rings. The number of benzene rings is 1. The zero-order chi connectivity index (χ0) is 21.4. The molecular formula is C20H31N3O5S. The third-order valence-electron chi connectivity index (χ3n) is 5.54. The van der Waals surface area contributed by atoms with E-state index in [1.165, 1.54) is 22.7 Å². The van der Waals surface area contributed by atoms with Crippen LogP contribution in [0.5, 0.6) is 11.5 Å². The summed E-state index contributed by atoms with van der Waals surface area (Å²) in [6, 6.07) is 5.40. The van der Waals surface area contributed by atoms with Gasteiger partial charge in [0.15, 0.2) is 0 Å². The second kappa shape index (κ2) is 8.12. The number of piperidine rings is 1. The van der Waals surface area contributed by atoms with Gasteiger partial charge in [0.25, 0.3) is 10.2 Å². The van der Waals surface area contributed by atoms with Gasteiger partial charge in [-0.15, -0.1) is 0 Å². The molecular weight excluding hydrogens is 394 g/mol. The number of nitrogens with zero attached hydrogens (tertiary/aromatic N) is 2. The Labute approximate surface area is 173 Å². The Morgan fingerprint density at radius 1 is 1.34 bits per heavy atom. The van der Waals surface area contributed by atoms with E-state index in [9.17, 15) is 13.2 Å². The van der Waals surface area contributed by atoms with Gasteiger partial charge in [-0.3, -0.25) is 4.79 Å². The van der Waals surface area contributed by atoms with E-state index < -0.39 is 15.8 Å². The summed E-state index contributed by atoms with van der Waals surface area (Å²) in [6.07, 6.45) is 1.97. The first-order chi connectivity index (χ1) is 13.5. The summed E-state index contributed by atoms with van der Waals surface area (Å²) in [4.78, 5) is 13.0. The smallest absolute Gasteiger partial charge is 0.281 e. The van der Waals surface area contributed by atoms with Crippen molar-refractivity contribution in [3.8, 4) is 11.5 Å². The number of carbonyl (C=O) groups excluding carboxylic acids is 1. The van der Waals surface area contributed by atoms with Crippen LogP contribution in [0, 0.1) is 5.92 Å². The third-order valence-corrected chi connectivity index (χ3v) is 7.44. The van der Waals surface area contributed by atoms with Crippen molar-refractivity contribution in [2.45, 2.75) is 44.8 Å². The van der Waals surface area contributed by atoms with Gasteiger partial charge in [0, 0.05) is 45.2 Å². The zero-order valence-electron chi connectivity index (χ0n) is 17.8. The normalized spacial score (nSPS) is 24.5. The van der Waals surface area contributed by atoms with E-state index in [0.29, 0.717) is 37.3 Å². The van der Waals surface area contributed by atoms with Crippen molar-refractivity contribution in [1.29, 1.82) is 0 Å². The lowest BCUT2D eigenvalue weighted by Crippen LogP contribution is -2.50. The molecule has 0 bridgehead atoms. The molecule has 0 radical (unpaired) electrons. The molecule has 2 atom stereocenters. The van der Waals surface area contributed by atoms with Crippen LogP contribution >= 0.6 is 0 Å². The number of fused-ring (bicyclic) bond motifs is 1. The quantitative estimate of drug-likeness (QED) is 0.779. The average molecular weight is 426 g/mol. The Bertz CT molecular complexity index is 869. The summed E-state index contributed by atoms with van der Waals surface area (Å²) in [5.41, 5.74) is 0.469. The molecule has 0 spiro atoms. The highest BCUT2D eigenvalue weighted by Crippen LogP contribution is 2.41. The van der Waals surface area contributed by atoms with E-state index >= 15 is 0 Å². The highest BCUT2D eigenvalue weighted by atomic mass is 32.2. The highest BCUT2D eigenvalue weighted by Gasteiger charge is 2.38. The number of carbonyl (C=O) groups is 1.